The lowest BCUT2D eigenvalue weighted by molar-refractivity contribution is 0.318. The van der Waals surface area contributed by atoms with Gasteiger partial charge in [-0.15, -0.1) is 0 Å². The molecule has 0 spiro atoms. The van der Waals surface area contributed by atoms with E-state index in [4.69, 9.17) is 22.5 Å². The molecule has 6 heteroatoms. The summed E-state index contributed by atoms with van der Waals surface area (Å²) in [5.74, 6) is 0.641. The molecule has 0 aliphatic rings. The first kappa shape index (κ1) is 14.6. The summed E-state index contributed by atoms with van der Waals surface area (Å²) in [5, 5.41) is 12.1. The minimum atomic E-state index is -0.00870. The Morgan fingerprint density at radius 3 is 2.89 bits per heavy atom. The maximum Gasteiger partial charge on any atom is 0.171 e. The standard InChI is InChI=1S/C12H19ClN4O/c1-3-4-5-8-17(2)12-10(13)9(6-7-15-12)11(14)16-18/h6-7,18H,3-5,8H2,1-2H3,(H2,14,16). The van der Waals surface area contributed by atoms with Gasteiger partial charge in [-0.25, -0.2) is 4.98 Å². The molecular weight excluding hydrogens is 252 g/mol. The van der Waals surface area contributed by atoms with E-state index in [-0.39, 0.29) is 5.84 Å². The van der Waals surface area contributed by atoms with Gasteiger partial charge in [0, 0.05) is 25.4 Å². The van der Waals surface area contributed by atoms with E-state index in [0.29, 0.717) is 16.4 Å². The zero-order chi connectivity index (χ0) is 13.5. The summed E-state index contributed by atoms with van der Waals surface area (Å²) in [5.41, 5.74) is 6.05. The topological polar surface area (TPSA) is 74.7 Å². The molecule has 0 saturated carbocycles. The number of pyridine rings is 1. The van der Waals surface area contributed by atoms with Gasteiger partial charge in [0.1, 0.15) is 5.82 Å². The van der Waals surface area contributed by atoms with E-state index in [1.165, 1.54) is 12.8 Å². The molecule has 1 aromatic rings. The minimum absolute atomic E-state index is 0.00870. The number of nitrogens with two attached hydrogens (primary N) is 1. The summed E-state index contributed by atoms with van der Waals surface area (Å²) in [6.07, 6.45) is 5.02. The Labute approximate surface area is 112 Å². The second-order valence-electron chi connectivity index (χ2n) is 4.11. The van der Waals surface area contributed by atoms with Crippen molar-refractivity contribution < 1.29 is 5.21 Å². The van der Waals surface area contributed by atoms with Crippen LogP contribution in [0.1, 0.15) is 31.7 Å². The Balaban J connectivity index is 2.89. The van der Waals surface area contributed by atoms with E-state index < -0.39 is 0 Å². The number of hydrogen-bond acceptors (Lipinski definition) is 4. The maximum absolute atomic E-state index is 8.69. The molecular formula is C12H19ClN4O. The normalized spacial score (nSPS) is 11.6. The zero-order valence-corrected chi connectivity index (χ0v) is 11.5. The van der Waals surface area contributed by atoms with Crippen LogP contribution in [0.15, 0.2) is 17.4 Å². The second kappa shape index (κ2) is 7.06. The van der Waals surface area contributed by atoms with Gasteiger partial charge in [-0.3, -0.25) is 0 Å². The highest BCUT2D eigenvalue weighted by molar-refractivity contribution is 6.36. The highest BCUT2D eigenvalue weighted by Gasteiger charge is 2.13. The van der Waals surface area contributed by atoms with E-state index in [9.17, 15) is 0 Å². The lowest BCUT2D eigenvalue weighted by Crippen LogP contribution is -2.22. The molecule has 0 unspecified atom stereocenters. The highest BCUT2D eigenvalue weighted by Crippen LogP contribution is 2.26. The summed E-state index contributed by atoms with van der Waals surface area (Å²) >= 11 is 6.21. The molecule has 0 aliphatic carbocycles. The van der Waals surface area contributed by atoms with Crippen molar-refractivity contribution in [3.63, 3.8) is 0 Å². The number of oxime groups is 1. The third-order valence-corrected chi connectivity index (χ3v) is 3.09. The van der Waals surface area contributed by atoms with E-state index >= 15 is 0 Å². The van der Waals surface area contributed by atoms with Crippen LogP contribution in [-0.2, 0) is 0 Å². The summed E-state index contributed by atoms with van der Waals surface area (Å²) in [4.78, 5) is 6.21. The van der Waals surface area contributed by atoms with Gasteiger partial charge < -0.3 is 15.8 Å². The van der Waals surface area contributed by atoms with Crippen molar-refractivity contribution in [3.8, 4) is 0 Å². The monoisotopic (exact) mass is 270 g/mol. The van der Waals surface area contributed by atoms with Crippen LogP contribution in [0.2, 0.25) is 5.02 Å². The van der Waals surface area contributed by atoms with E-state index in [1.54, 1.807) is 12.3 Å². The molecule has 0 fully saturated rings. The van der Waals surface area contributed by atoms with Gasteiger partial charge in [0.15, 0.2) is 5.84 Å². The van der Waals surface area contributed by atoms with Crippen LogP contribution in [-0.4, -0.2) is 29.6 Å². The van der Waals surface area contributed by atoms with Gasteiger partial charge in [0.2, 0.25) is 0 Å². The molecule has 18 heavy (non-hydrogen) atoms. The Morgan fingerprint density at radius 1 is 1.56 bits per heavy atom. The number of rotatable bonds is 6. The fourth-order valence-electron chi connectivity index (χ4n) is 1.66. The summed E-state index contributed by atoms with van der Waals surface area (Å²) in [6.45, 7) is 3.03. The van der Waals surface area contributed by atoms with Gasteiger partial charge in [0.25, 0.3) is 0 Å². The van der Waals surface area contributed by atoms with Crippen LogP contribution in [0.5, 0.6) is 0 Å². The third-order valence-electron chi connectivity index (χ3n) is 2.71. The number of hydrogen-bond donors (Lipinski definition) is 2. The van der Waals surface area contributed by atoms with Gasteiger partial charge in [-0.05, 0) is 12.5 Å². The molecule has 0 bridgehead atoms. The second-order valence-corrected chi connectivity index (χ2v) is 4.49. The Hall–Kier alpha value is -1.49. The van der Waals surface area contributed by atoms with Crippen LogP contribution in [0.3, 0.4) is 0 Å². The average Bonchev–Trinajstić information content (AvgIpc) is 2.38. The number of unbranched alkanes of at least 4 members (excludes halogenated alkanes) is 2. The van der Waals surface area contributed by atoms with Crippen molar-refractivity contribution in [2.75, 3.05) is 18.5 Å². The quantitative estimate of drug-likeness (QED) is 0.274. The zero-order valence-electron chi connectivity index (χ0n) is 10.7. The molecule has 0 aromatic carbocycles. The summed E-state index contributed by atoms with van der Waals surface area (Å²) in [6, 6.07) is 1.63. The molecule has 1 heterocycles. The van der Waals surface area contributed by atoms with E-state index in [2.05, 4.69) is 17.1 Å². The lowest BCUT2D eigenvalue weighted by atomic mass is 10.2. The number of halogens is 1. The molecule has 5 nitrogen and oxygen atoms in total. The Morgan fingerprint density at radius 2 is 2.28 bits per heavy atom. The van der Waals surface area contributed by atoms with Gasteiger partial charge >= 0.3 is 0 Å². The average molecular weight is 271 g/mol. The largest absolute Gasteiger partial charge is 0.409 e. The van der Waals surface area contributed by atoms with Crippen molar-refractivity contribution in [1.29, 1.82) is 0 Å². The summed E-state index contributed by atoms with van der Waals surface area (Å²) < 4.78 is 0. The Bertz CT molecular complexity index is 423. The lowest BCUT2D eigenvalue weighted by Gasteiger charge is -2.20. The molecule has 100 valence electrons. The van der Waals surface area contributed by atoms with E-state index in [1.807, 2.05) is 11.9 Å². The van der Waals surface area contributed by atoms with Crippen LogP contribution in [0.4, 0.5) is 5.82 Å². The van der Waals surface area contributed by atoms with Crippen molar-refractivity contribution in [3.05, 3.63) is 22.8 Å². The molecule has 0 amide bonds. The van der Waals surface area contributed by atoms with Crippen molar-refractivity contribution in [2.45, 2.75) is 26.2 Å². The first-order valence-electron chi connectivity index (χ1n) is 5.95. The van der Waals surface area contributed by atoms with Crippen LogP contribution >= 0.6 is 11.6 Å². The van der Waals surface area contributed by atoms with Crippen molar-refractivity contribution in [2.24, 2.45) is 10.9 Å². The molecule has 0 saturated heterocycles. The first-order chi connectivity index (χ1) is 8.61. The molecule has 0 aliphatic heterocycles. The van der Waals surface area contributed by atoms with Crippen LogP contribution < -0.4 is 10.6 Å². The maximum atomic E-state index is 8.69. The van der Waals surface area contributed by atoms with Gasteiger partial charge in [-0.2, -0.15) is 0 Å². The predicted molar refractivity (Wildman–Crippen MR) is 74.6 cm³/mol. The van der Waals surface area contributed by atoms with Crippen LogP contribution in [0, 0.1) is 0 Å². The van der Waals surface area contributed by atoms with Gasteiger partial charge in [0.05, 0.1) is 5.02 Å². The summed E-state index contributed by atoms with van der Waals surface area (Å²) in [7, 11) is 1.93. The molecule has 0 atom stereocenters. The smallest absolute Gasteiger partial charge is 0.171 e. The number of amidine groups is 1. The number of aromatic nitrogens is 1. The minimum Gasteiger partial charge on any atom is -0.409 e. The fraction of sp³-hybridized carbons (Fsp3) is 0.500. The van der Waals surface area contributed by atoms with E-state index in [0.717, 1.165) is 13.0 Å². The fourth-order valence-corrected chi connectivity index (χ4v) is 2.01. The van der Waals surface area contributed by atoms with Gasteiger partial charge in [-0.1, -0.05) is 36.5 Å². The molecule has 3 N–H and O–H groups in total. The van der Waals surface area contributed by atoms with Crippen molar-refractivity contribution in [1.82, 2.24) is 4.98 Å². The highest BCUT2D eigenvalue weighted by atomic mass is 35.5. The van der Waals surface area contributed by atoms with Crippen LogP contribution in [0.25, 0.3) is 0 Å². The van der Waals surface area contributed by atoms with Crippen molar-refractivity contribution >= 4 is 23.3 Å². The Kier molecular flexibility index (Phi) is 5.71. The molecule has 1 rings (SSSR count). The molecule has 0 radical (unpaired) electrons. The first-order valence-corrected chi connectivity index (χ1v) is 6.33. The SMILES string of the molecule is CCCCCN(C)c1nccc(/C(N)=N/O)c1Cl. The number of anilines is 1. The third kappa shape index (κ3) is 3.50. The number of nitrogens with zero attached hydrogens (tertiary/aromatic N) is 3. The predicted octanol–water partition coefficient (Wildman–Crippen LogP) is 2.46. The molecule has 1 aromatic heterocycles.